The summed E-state index contributed by atoms with van der Waals surface area (Å²) in [5.74, 6) is -0.0292. The van der Waals surface area contributed by atoms with E-state index in [2.05, 4.69) is 9.71 Å². The number of carbonyl (C=O) groups excluding carboxylic acids is 1. The maximum Gasteiger partial charge on any atom is 0.274 e. The van der Waals surface area contributed by atoms with Gasteiger partial charge < -0.3 is 9.32 Å². The number of hydrogen-bond donors (Lipinski definition) is 1. The van der Waals surface area contributed by atoms with Gasteiger partial charge in [0.2, 0.25) is 11.0 Å². The Balaban J connectivity index is 1.67. The zero-order valence-corrected chi connectivity index (χ0v) is 13.6. The molecule has 1 saturated carbocycles. The molecule has 3 heterocycles. The summed E-state index contributed by atoms with van der Waals surface area (Å²) >= 11 is 0. The second kappa shape index (κ2) is 5.71. The van der Waals surface area contributed by atoms with Gasteiger partial charge in [-0.2, -0.15) is 0 Å². The van der Waals surface area contributed by atoms with Gasteiger partial charge in [-0.3, -0.25) is 9.78 Å². The maximum atomic E-state index is 12.5. The summed E-state index contributed by atoms with van der Waals surface area (Å²) in [7, 11) is -3.81. The van der Waals surface area contributed by atoms with Crippen LogP contribution >= 0.6 is 0 Å². The van der Waals surface area contributed by atoms with Gasteiger partial charge in [-0.05, 0) is 36.6 Å². The van der Waals surface area contributed by atoms with Crippen molar-refractivity contribution in [1.82, 2.24) is 14.6 Å². The summed E-state index contributed by atoms with van der Waals surface area (Å²) in [6.07, 6.45) is 6.70. The first-order valence-electron chi connectivity index (χ1n) is 7.83. The van der Waals surface area contributed by atoms with Crippen LogP contribution in [0.15, 0.2) is 52.4 Å². The molecule has 1 amide bonds. The Bertz CT molecular complexity index is 831. The van der Waals surface area contributed by atoms with Crippen molar-refractivity contribution in [2.24, 2.45) is 0 Å². The van der Waals surface area contributed by atoms with Crippen LogP contribution in [-0.2, 0) is 14.8 Å². The molecule has 8 heteroatoms. The van der Waals surface area contributed by atoms with E-state index in [0.717, 1.165) is 18.4 Å². The number of hydrogen-bond acceptors (Lipinski definition) is 5. The van der Waals surface area contributed by atoms with Crippen LogP contribution in [0.5, 0.6) is 0 Å². The molecule has 2 aromatic heterocycles. The molecule has 24 heavy (non-hydrogen) atoms. The molecule has 2 fully saturated rings. The number of likely N-dealkylation sites (tertiary alicyclic amines) is 1. The Labute approximate surface area is 139 Å². The van der Waals surface area contributed by atoms with Gasteiger partial charge in [0.15, 0.2) is 0 Å². The quantitative estimate of drug-likeness (QED) is 0.884. The van der Waals surface area contributed by atoms with Crippen molar-refractivity contribution in [2.45, 2.75) is 42.5 Å². The summed E-state index contributed by atoms with van der Waals surface area (Å²) in [6, 6.07) is 5.88. The minimum absolute atomic E-state index is 0.0292. The Morgan fingerprint density at radius 3 is 2.71 bits per heavy atom. The third-order valence-corrected chi connectivity index (χ3v) is 5.77. The monoisotopic (exact) mass is 347 g/mol. The molecular weight excluding hydrogens is 330 g/mol. The fraction of sp³-hybridized carbons (Fsp3) is 0.375. The third-order valence-electron chi connectivity index (χ3n) is 4.40. The zero-order valence-electron chi connectivity index (χ0n) is 12.8. The SMILES string of the molecule is O=C1C[C@@H](NS(=O)(=O)c2ccco2)[C@H](c2cccnc2)N1C1CC1. The standard InChI is InChI=1S/C16H17N3O4S/c20-14-9-13(18-24(21,22)15-4-2-8-23-15)16(19(14)12-5-6-12)11-3-1-7-17-10-11/h1-4,7-8,10,12-13,16,18H,5-6,9H2/t13-,16+/m1/s1. The van der Waals surface area contributed by atoms with Gasteiger partial charge in [0.1, 0.15) is 0 Å². The summed E-state index contributed by atoms with van der Waals surface area (Å²) in [5.41, 5.74) is 0.836. The molecule has 2 atom stereocenters. The molecule has 1 saturated heterocycles. The van der Waals surface area contributed by atoms with E-state index in [-0.39, 0.29) is 29.5 Å². The predicted molar refractivity (Wildman–Crippen MR) is 84.3 cm³/mol. The first-order chi connectivity index (χ1) is 11.6. The summed E-state index contributed by atoms with van der Waals surface area (Å²) in [6.45, 7) is 0. The highest BCUT2D eigenvalue weighted by molar-refractivity contribution is 7.89. The van der Waals surface area contributed by atoms with Gasteiger partial charge in [-0.25, -0.2) is 13.1 Å². The van der Waals surface area contributed by atoms with Crippen LogP contribution in [0, 0.1) is 0 Å². The van der Waals surface area contributed by atoms with Crippen molar-refractivity contribution < 1.29 is 17.6 Å². The molecular formula is C16H17N3O4S. The van der Waals surface area contributed by atoms with Crippen molar-refractivity contribution in [3.63, 3.8) is 0 Å². The lowest BCUT2D eigenvalue weighted by Gasteiger charge is -2.28. The number of sulfonamides is 1. The van der Waals surface area contributed by atoms with Crippen molar-refractivity contribution in [3.05, 3.63) is 48.5 Å². The fourth-order valence-electron chi connectivity index (χ4n) is 3.26. The van der Waals surface area contributed by atoms with Crippen LogP contribution < -0.4 is 4.72 Å². The molecule has 2 aromatic rings. The number of nitrogens with one attached hydrogen (secondary N) is 1. The number of carbonyl (C=O) groups is 1. The van der Waals surface area contributed by atoms with E-state index in [0.29, 0.717) is 0 Å². The normalized spacial score (nSPS) is 24.5. The minimum Gasteiger partial charge on any atom is -0.452 e. The first-order valence-corrected chi connectivity index (χ1v) is 9.31. The van der Waals surface area contributed by atoms with Crippen molar-refractivity contribution >= 4 is 15.9 Å². The lowest BCUT2D eigenvalue weighted by Crippen LogP contribution is -2.40. The van der Waals surface area contributed by atoms with Crippen molar-refractivity contribution in [1.29, 1.82) is 0 Å². The molecule has 0 spiro atoms. The van der Waals surface area contributed by atoms with E-state index < -0.39 is 16.1 Å². The van der Waals surface area contributed by atoms with Crippen molar-refractivity contribution in [2.75, 3.05) is 0 Å². The summed E-state index contributed by atoms with van der Waals surface area (Å²) in [5, 5.41) is -0.148. The molecule has 7 nitrogen and oxygen atoms in total. The average molecular weight is 347 g/mol. The highest BCUT2D eigenvalue weighted by atomic mass is 32.2. The maximum absolute atomic E-state index is 12.5. The van der Waals surface area contributed by atoms with Crippen LogP contribution in [0.4, 0.5) is 0 Å². The van der Waals surface area contributed by atoms with E-state index in [4.69, 9.17) is 4.42 Å². The first kappa shape index (κ1) is 15.3. The van der Waals surface area contributed by atoms with Gasteiger partial charge in [-0.1, -0.05) is 6.07 Å². The van der Waals surface area contributed by atoms with Gasteiger partial charge in [0.05, 0.1) is 18.3 Å². The van der Waals surface area contributed by atoms with Crippen LogP contribution in [0.25, 0.3) is 0 Å². The smallest absolute Gasteiger partial charge is 0.274 e. The minimum atomic E-state index is -3.81. The molecule has 0 unspecified atom stereocenters. The van der Waals surface area contributed by atoms with Gasteiger partial charge >= 0.3 is 0 Å². The Morgan fingerprint density at radius 2 is 2.08 bits per heavy atom. The number of rotatable bonds is 5. The Morgan fingerprint density at radius 1 is 1.25 bits per heavy atom. The van der Waals surface area contributed by atoms with Crippen molar-refractivity contribution in [3.8, 4) is 0 Å². The highest BCUT2D eigenvalue weighted by Crippen LogP contribution is 2.42. The number of pyridine rings is 1. The van der Waals surface area contributed by atoms with Gasteiger partial charge in [-0.15, -0.1) is 0 Å². The van der Waals surface area contributed by atoms with Crippen LogP contribution in [0.2, 0.25) is 0 Å². The molecule has 2 aliphatic rings. The second-order valence-corrected chi connectivity index (χ2v) is 7.77. The number of aromatic nitrogens is 1. The summed E-state index contributed by atoms with van der Waals surface area (Å²) < 4.78 is 32.6. The predicted octanol–water partition coefficient (Wildman–Crippen LogP) is 1.46. The topological polar surface area (TPSA) is 92.5 Å². The third kappa shape index (κ3) is 2.71. The number of nitrogens with zero attached hydrogens (tertiary/aromatic N) is 2. The molecule has 0 bridgehead atoms. The van der Waals surface area contributed by atoms with Crippen LogP contribution in [0.1, 0.15) is 30.9 Å². The van der Waals surface area contributed by atoms with Crippen LogP contribution in [0.3, 0.4) is 0 Å². The largest absolute Gasteiger partial charge is 0.452 e. The molecule has 126 valence electrons. The van der Waals surface area contributed by atoms with Gasteiger partial charge in [0, 0.05) is 24.9 Å². The lowest BCUT2D eigenvalue weighted by atomic mass is 10.0. The molecule has 1 aliphatic carbocycles. The van der Waals surface area contributed by atoms with Gasteiger partial charge in [0.25, 0.3) is 10.0 Å². The zero-order chi connectivity index (χ0) is 16.7. The lowest BCUT2D eigenvalue weighted by molar-refractivity contribution is -0.129. The molecule has 1 aliphatic heterocycles. The highest BCUT2D eigenvalue weighted by Gasteiger charge is 2.48. The average Bonchev–Trinajstić information content (AvgIpc) is 3.11. The molecule has 0 aromatic carbocycles. The molecule has 4 rings (SSSR count). The molecule has 0 radical (unpaired) electrons. The van der Waals surface area contributed by atoms with E-state index in [1.165, 1.54) is 18.4 Å². The van der Waals surface area contributed by atoms with E-state index in [1.807, 2.05) is 11.0 Å². The Hall–Kier alpha value is -2.19. The fourth-order valence-corrected chi connectivity index (χ4v) is 4.43. The van der Waals surface area contributed by atoms with E-state index >= 15 is 0 Å². The van der Waals surface area contributed by atoms with E-state index in [1.54, 1.807) is 18.5 Å². The Kier molecular flexibility index (Phi) is 3.65. The number of amides is 1. The number of furan rings is 1. The second-order valence-electron chi connectivity index (χ2n) is 6.13. The molecule has 1 N–H and O–H groups in total. The summed E-state index contributed by atoms with van der Waals surface area (Å²) in [4.78, 5) is 18.4. The van der Waals surface area contributed by atoms with Crippen LogP contribution in [-0.4, -0.2) is 36.3 Å². The van der Waals surface area contributed by atoms with E-state index in [9.17, 15) is 13.2 Å².